The molecule has 0 amide bonds. The molecule has 29 heavy (non-hydrogen) atoms. The molecule has 1 aliphatic rings. The van der Waals surface area contributed by atoms with Gasteiger partial charge < -0.3 is 9.64 Å². The summed E-state index contributed by atoms with van der Waals surface area (Å²) in [5.41, 5.74) is 4.38. The predicted octanol–water partition coefficient (Wildman–Crippen LogP) is 4.03. The number of nitrogens with zero attached hydrogens (tertiary/aromatic N) is 3. The van der Waals surface area contributed by atoms with Crippen LogP contribution in [0.2, 0.25) is 0 Å². The Kier molecular flexibility index (Phi) is 6.13. The van der Waals surface area contributed by atoms with Gasteiger partial charge in [-0.2, -0.15) is 5.26 Å². The van der Waals surface area contributed by atoms with E-state index in [-0.39, 0.29) is 17.3 Å². The summed E-state index contributed by atoms with van der Waals surface area (Å²) in [7, 11) is 0. The molecule has 0 aliphatic carbocycles. The monoisotopic (exact) mass is 393 g/mol. The fourth-order valence-corrected chi connectivity index (χ4v) is 3.57. The molecule has 7 heteroatoms. The van der Waals surface area contributed by atoms with Crippen LogP contribution in [0.15, 0.2) is 36.4 Å². The van der Waals surface area contributed by atoms with Crippen molar-refractivity contribution in [2.45, 2.75) is 39.2 Å². The number of anilines is 2. The predicted molar refractivity (Wildman–Crippen MR) is 109 cm³/mol. The smallest absolute Gasteiger partial charge is 0.338 e. The molecule has 0 N–H and O–H groups in total. The molecule has 2 aromatic rings. The molecule has 0 aromatic heterocycles. The average molecular weight is 393 g/mol. The van der Waals surface area contributed by atoms with Crippen molar-refractivity contribution in [3.63, 3.8) is 0 Å². The van der Waals surface area contributed by atoms with Crippen LogP contribution in [-0.2, 0) is 17.6 Å². The van der Waals surface area contributed by atoms with Crippen molar-refractivity contribution in [2.75, 3.05) is 18.1 Å². The fourth-order valence-electron chi connectivity index (χ4n) is 3.57. The van der Waals surface area contributed by atoms with Gasteiger partial charge in [0.15, 0.2) is 0 Å². The molecule has 150 valence electrons. The highest BCUT2D eigenvalue weighted by Gasteiger charge is 2.26. The van der Waals surface area contributed by atoms with Gasteiger partial charge >= 0.3 is 5.97 Å². The number of nitro groups is 1. The third kappa shape index (κ3) is 4.37. The molecule has 0 bridgehead atoms. The van der Waals surface area contributed by atoms with E-state index in [0.717, 1.165) is 35.3 Å². The summed E-state index contributed by atoms with van der Waals surface area (Å²) < 4.78 is 5.22. The van der Waals surface area contributed by atoms with Gasteiger partial charge in [-0.15, -0.1) is 0 Å². The third-order valence-corrected chi connectivity index (χ3v) is 4.97. The highest BCUT2D eigenvalue weighted by atomic mass is 16.6. The Hall–Kier alpha value is -3.40. The minimum atomic E-state index is -0.706. The molecular weight excluding hydrogens is 370 g/mol. The molecule has 0 fully saturated rings. The summed E-state index contributed by atoms with van der Waals surface area (Å²) in [6.07, 6.45) is 1.77. The molecule has 0 spiro atoms. The van der Waals surface area contributed by atoms with Gasteiger partial charge in [0.1, 0.15) is 6.07 Å². The molecule has 2 aromatic carbocycles. The number of hydrogen-bond acceptors (Lipinski definition) is 6. The van der Waals surface area contributed by atoms with Crippen molar-refractivity contribution < 1.29 is 14.5 Å². The number of benzene rings is 2. The first-order valence-corrected chi connectivity index (χ1v) is 9.68. The molecule has 1 heterocycles. The van der Waals surface area contributed by atoms with Crippen LogP contribution >= 0.6 is 0 Å². The summed E-state index contributed by atoms with van der Waals surface area (Å²) in [6.45, 7) is 4.55. The lowest BCUT2D eigenvalue weighted by Crippen LogP contribution is -2.18. The number of rotatable bonds is 7. The number of carbonyl (C=O) groups excluding carboxylic acids is 1. The van der Waals surface area contributed by atoms with Gasteiger partial charge in [0, 0.05) is 30.5 Å². The molecular formula is C22H23N3O4. The van der Waals surface area contributed by atoms with E-state index in [1.807, 2.05) is 24.0 Å². The Bertz CT molecular complexity index is 981. The number of fused-ring (bicyclic) bond motifs is 1. The number of hydrogen-bond donors (Lipinski definition) is 0. The summed E-state index contributed by atoms with van der Waals surface area (Å²) >= 11 is 0. The van der Waals surface area contributed by atoms with Crippen LogP contribution in [0.25, 0.3) is 0 Å². The van der Waals surface area contributed by atoms with Crippen LogP contribution in [0.3, 0.4) is 0 Å². The molecule has 0 saturated heterocycles. The van der Waals surface area contributed by atoms with Crippen LogP contribution in [-0.4, -0.2) is 30.1 Å². The molecule has 1 aliphatic heterocycles. The lowest BCUT2D eigenvalue weighted by atomic mass is 9.99. The third-order valence-electron chi connectivity index (χ3n) is 4.97. The van der Waals surface area contributed by atoms with Crippen molar-refractivity contribution in [3.8, 4) is 6.07 Å². The highest BCUT2D eigenvalue weighted by Crippen LogP contribution is 2.38. The maximum atomic E-state index is 12.2. The van der Waals surface area contributed by atoms with Crippen LogP contribution in [0.1, 0.15) is 47.3 Å². The quantitative estimate of drug-likeness (QED) is 0.400. The average Bonchev–Trinajstić information content (AvgIpc) is 3.15. The fraction of sp³-hybridized carbons (Fsp3) is 0.364. The van der Waals surface area contributed by atoms with E-state index in [0.29, 0.717) is 24.3 Å². The molecule has 1 unspecified atom stereocenters. The zero-order valence-electron chi connectivity index (χ0n) is 16.6. The van der Waals surface area contributed by atoms with E-state index >= 15 is 0 Å². The Morgan fingerprint density at radius 1 is 1.38 bits per heavy atom. The molecule has 3 rings (SSSR count). The number of esters is 1. The normalized spacial score (nSPS) is 13.5. The maximum Gasteiger partial charge on any atom is 0.338 e. The van der Waals surface area contributed by atoms with E-state index in [4.69, 9.17) is 4.74 Å². The van der Waals surface area contributed by atoms with E-state index < -0.39 is 6.04 Å². The van der Waals surface area contributed by atoms with Crippen molar-refractivity contribution in [1.82, 2.24) is 0 Å². The molecule has 7 nitrogen and oxygen atoms in total. The van der Waals surface area contributed by atoms with E-state index in [2.05, 4.69) is 6.07 Å². The Morgan fingerprint density at radius 3 is 2.86 bits per heavy atom. The first kappa shape index (κ1) is 20.3. The van der Waals surface area contributed by atoms with Gasteiger partial charge in [-0.05, 0) is 48.2 Å². The topological polar surface area (TPSA) is 96.5 Å². The highest BCUT2D eigenvalue weighted by molar-refractivity contribution is 5.91. The van der Waals surface area contributed by atoms with Gasteiger partial charge in [0.2, 0.25) is 6.04 Å². The van der Waals surface area contributed by atoms with Crippen LogP contribution in [0.5, 0.6) is 0 Å². The Balaban J connectivity index is 1.92. The van der Waals surface area contributed by atoms with Gasteiger partial charge in [-0.3, -0.25) is 10.1 Å². The largest absolute Gasteiger partial charge is 0.462 e. The van der Waals surface area contributed by atoms with Crippen LogP contribution in [0, 0.1) is 21.4 Å². The number of ether oxygens (including phenoxy) is 1. The first-order chi connectivity index (χ1) is 13.9. The van der Waals surface area contributed by atoms with E-state index in [1.54, 1.807) is 31.2 Å². The van der Waals surface area contributed by atoms with E-state index in [9.17, 15) is 20.2 Å². The van der Waals surface area contributed by atoms with Gasteiger partial charge in [-0.25, -0.2) is 4.79 Å². The zero-order valence-corrected chi connectivity index (χ0v) is 16.6. The molecule has 1 atom stereocenters. The lowest BCUT2D eigenvalue weighted by molar-refractivity contribution is -0.517. The SMILES string of the molecule is CCCOC(=O)c1cccc(N2CCc3cc(CC(C)[N+](=O)[O-])cc(C#N)c32)c1. The number of carbonyl (C=O) groups is 1. The van der Waals surface area contributed by atoms with Crippen molar-refractivity contribution in [2.24, 2.45) is 0 Å². The first-order valence-electron chi connectivity index (χ1n) is 9.68. The minimum Gasteiger partial charge on any atom is -0.462 e. The van der Waals surface area contributed by atoms with Crippen molar-refractivity contribution >= 4 is 17.3 Å². The summed E-state index contributed by atoms with van der Waals surface area (Å²) in [5, 5.41) is 20.7. The maximum absolute atomic E-state index is 12.2. The van der Waals surface area contributed by atoms with E-state index in [1.165, 1.54) is 0 Å². The molecule has 0 radical (unpaired) electrons. The van der Waals surface area contributed by atoms with Crippen molar-refractivity contribution in [1.29, 1.82) is 5.26 Å². The van der Waals surface area contributed by atoms with Gasteiger partial charge in [0.25, 0.3) is 0 Å². The second kappa shape index (κ2) is 8.74. The summed E-state index contributed by atoms with van der Waals surface area (Å²) in [4.78, 5) is 24.9. The van der Waals surface area contributed by atoms with Crippen molar-refractivity contribution in [3.05, 3.63) is 68.8 Å². The Morgan fingerprint density at radius 2 is 2.17 bits per heavy atom. The van der Waals surface area contributed by atoms with Gasteiger partial charge in [0.05, 0.1) is 23.4 Å². The van der Waals surface area contributed by atoms with Crippen LogP contribution < -0.4 is 4.90 Å². The number of nitriles is 1. The zero-order chi connectivity index (χ0) is 21.0. The second-order valence-electron chi connectivity index (χ2n) is 7.19. The molecule has 0 saturated carbocycles. The standard InChI is InChI=1S/C22H23N3O4/c1-3-9-29-22(26)18-5-4-6-20(13-18)24-8-7-17-11-16(10-15(2)25(27)28)12-19(14-23)21(17)24/h4-6,11-13,15H,3,7-10H2,1-2H3. The second-order valence-corrected chi connectivity index (χ2v) is 7.19. The summed E-state index contributed by atoms with van der Waals surface area (Å²) in [6, 6.07) is 12.4. The Labute approximate surface area is 169 Å². The van der Waals surface area contributed by atoms with Crippen LogP contribution in [0.4, 0.5) is 11.4 Å². The summed E-state index contributed by atoms with van der Waals surface area (Å²) in [5.74, 6) is -0.363. The minimum absolute atomic E-state index is 0.285. The lowest BCUT2D eigenvalue weighted by Gasteiger charge is -2.21. The van der Waals surface area contributed by atoms with Gasteiger partial charge in [-0.1, -0.05) is 19.1 Å².